The molecule has 0 unspecified atom stereocenters. The third-order valence-corrected chi connectivity index (χ3v) is 3.07. The van der Waals surface area contributed by atoms with Crippen LogP contribution in [0.1, 0.15) is 31.3 Å². The predicted octanol–water partition coefficient (Wildman–Crippen LogP) is 3.96. The average molecular weight is 338 g/mol. The van der Waals surface area contributed by atoms with E-state index in [1.54, 1.807) is 13.0 Å². The Morgan fingerprint density at radius 2 is 2.10 bits per heavy atom. The van der Waals surface area contributed by atoms with Crippen molar-refractivity contribution in [2.24, 2.45) is 0 Å². The van der Waals surface area contributed by atoms with Crippen molar-refractivity contribution in [3.63, 3.8) is 0 Å². The summed E-state index contributed by atoms with van der Waals surface area (Å²) in [5, 5.41) is 0.862. The van der Waals surface area contributed by atoms with E-state index in [2.05, 4.69) is 20.9 Å². The number of benzene rings is 1. The molecule has 0 saturated carbocycles. The van der Waals surface area contributed by atoms with Crippen molar-refractivity contribution in [3.8, 4) is 5.75 Å². The van der Waals surface area contributed by atoms with Crippen LogP contribution in [0.2, 0.25) is 0 Å². The number of hydrogen-bond acceptors (Lipinski definition) is 4. The average Bonchev–Trinajstić information content (AvgIpc) is 2.38. The van der Waals surface area contributed by atoms with Crippen molar-refractivity contribution in [3.05, 3.63) is 34.4 Å². The molecule has 20 heavy (non-hydrogen) atoms. The standard InChI is InChI=1S/C15H16BrNO3/c1-4-19-15(18)13-8-14(20-9(2)3)11-7-10(16)5-6-12(11)17-13/h5-9H,4H2,1-3H3. The van der Waals surface area contributed by atoms with Gasteiger partial charge in [-0.1, -0.05) is 15.9 Å². The summed E-state index contributed by atoms with van der Waals surface area (Å²) in [6.45, 7) is 5.96. The van der Waals surface area contributed by atoms with E-state index in [4.69, 9.17) is 9.47 Å². The lowest BCUT2D eigenvalue weighted by Gasteiger charge is -2.13. The van der Waals surface area contributed by atoms with E-state index >= 15 is 0 Å². The molecule has 1 aromatic heterocycles. The van der Waals surface area contributed by atoms with Crippen molar-refractivity contribution < 1.29 is 14.3 Å². The molecule has 2 rings (SSSR count). The number of hydrogen-bond donors (Lipinski definition) is 0. The van der Waals surface area contributed by atoms with Gasteiger partial charge in [-0.3, -0.25) is 0 Å². The molecule has 0 radical (unpaired) electrons. The van der Waals surface area contributed by atoms with Gasteiger partial charge in [-0.15, -0.1) is 0 Å². The lowest BCUT2D eigenvalue weighted by Crippen LogP contribution is -2.10. The molecule has 0 atom stereocenters. The van der Waals surface area contributed by atoms with Crippen molar-refractivity contribution in [2.45, 2.75) is 26.9 Å². The summed E-state index contributed by atoms with van der Waals surface area (Å²) in [5.41, 5.74) is 0.965. The Kier molecular flexibility index (Phi) is 4.60. The molecule has 0 N–H and O–H groups in total. The molecule has 0 spiro atoms. The van der Waals surface area contributed by atoms with Crippen LogP contribution in [0, 0.1) is 0 Å². The molecule has 0 aliphatic carbocycles. The molecule has 0 bridgehead atoms. The van der Waals surface area contributed by atoms with Gasteiger partial charge in [0.25, 0.3) is 0 Å². The highest BCUT2D eigenvalue weighted by molar-refractivity contribution is 9.10. The lowest BCUT2D eigenvalue weighted by molar-refractivity contribution is 0.0519. The molecule has 1 aromatic carbocycles. The Morgan fingerprint density at radius 3 is 2.75 bits per heavy atom. The molecule has 2 aromatic rings. The first-order valence-electron chi connectivity index (χ1n) is 6.45. The van der Waals surface area contributed by atoms with Crippen LogP contribution in [0.4, 0.5) is 0 Å². The molecular formula is C15H16BrNO3. The van der Waals surface area contributed by atoms with Gasteiger partial charge in [0, 0.05) is 15.9 Å². The fraction of sp³-hybridized carbons (Fsp3) is 0.333. The third kappa shape index (κ3) is 3.28. The van der Waals surface area contributed by atoms with Gasteiger partial charge in [-0.05, 0) is 39.0 Å². The maximum absolute atomic E-state index is 11.8. The van der Waals surface area contributed by atoms with E-state index in [0.29, 0.717) is 17.9 Å². The number of esters is 1. The van der Waals surface area contributed by atoms with Gasteiger partial charge in [0.1, 0.15) is 5.75 Å². The molecule has 1 heterocycles. The van der Waals surface area contributed by atoms with Gasteiger partial charge < -0.3 is 9.47 Å². The number of halogens is 1. The maximum atomic E-state index is 11.8. The third-order valence-electron chi connectivity index (χ3n) is 2.58. The Balaban J connectivity index is 2.58. The fourth-order valence-corrected chi connectivity index (χ4v) is 2.19. The van der Waals surface area contributed by atoms with Crippen LogP contribution in [0.3, 0.4) is 0 Å². The Bertz CT molecular complexity index is 640. The number of fused-ring (bicyclic) bond motifs is 1. The van der Waals surface area contributed by atoms with Gasteiger partial charge in [0.05, 0.1) is 18.2 Å². The fourth-order valence-electron chi connectivity index (χ4n) is 1.83. The number of carbonyl (C=O) groups is 1. The Hall–Kier alpha value is -1.62. The molecule has 4 nitrogen and oxygen atoms in total. The van der Waals surface area contributed by atoms with Gasteiger partial charge in [0.2, 0.25) is 0 Å². The van der Waals surface area contributed by atoms with Gasteiger partial charge in [-0.2, -0.15) is 0 Å². The maximum Gasteiger partial charge on any atom is 0.357 e. The van der Waals surface area contributed by atoms with E-state index in [9.17, 15) is 4.79 Å². The summed E-state index contributed by atoms with van der Waals surface area (Å²) in [4.78, 5) is 16.2. The highest BCUT2D eigenvalue weighted by Gasteiger charge is 2.14. The lowest BCUT2D eigenvalue weighted by atomic mass is 10.2. The first-order valence-corrected chi connectivity index (χ1v) is 7.24. The molecule has 0 aliphatic heterocycles. The molecule has 0 amide bonds. The zero-order chi connectivity index (χ0) is 14.7. The summed E-state index contributed by atoms with van der Waals surface area (Å²) in [6.07, 6.45) is 0.00891. The van der Waals surface area contributed by atoms with Crippen LogP contribution in [0.15, 0.2) is 28.7 Å². The van der Waals surface area contributed by atoms with Crippen molar-refractivity contribution in [1.29, 1.82) is 0 Å². The van der Waals surface area contributed by atoms with Crippen LogP contribution in [-0.4, -0.2) is 23.7 Å². The summed E-state index contributed by atoms with van der Waals surface area (Å²) >= 11 is 3.43. The van der Waals surface area contributed by atoms with Crippen LogP contribution >= 0.6 is 15.9 Å². The normalized spacial score (nSPS) is 10.8. The highest BCUT2D eigenvalue weighted by atomic mass is 79.9. The van der Waals surface area contributed by atoms with Crippen molar-refractivity contribution in [2.75, 3.05) is 6.61 Å². The Labute approximate surface area is 126 Å². The smallest absolute Gasteiger partial charge is 0.357 e. The largest absolute Gasteiger partial charge is 0.490 e. The van der Waals surface area contributed by atoms with Crippen LogP contribution < -0.4 is 4.74 Å². The summed E-state index contributed by atoms with van der Waals surface area (Å²) in [6, 6.07) is 7.28. The minimum atomic E-state index is -0.439. The zero-order valence-electron chi connectivity index (χ0n) is 11.6. The molecule has 0 aliphatic rings. The first kappa shape index (κ1) is 14.8. The second-order valence-corrected chi connectivity index (χ2v) is 5.47. The minimum absolute atomic E-state index is 0.00891. The van der Waals surface area contributed by atoms with E-state index < -0.39 is 5.97 Å². The quantitative estimate of drug-likeness (QED) is 0.792. The summed E-state index contributed by atoms with van der Waals surface area (Å²) < 4.78 is 11.7. The summed E-state index contributed by atoms with van der Waals surface area (Å²) in [7, 11) is 0. The summed E-state index contributed by atoms with van der Waals surface area (Å²) in [5.74, 6) is 0.195. The minimum Gasteiger partial charge on any atom is -0.490 e. The van der Waals surface area contributed by atoms with Crippen molar-refractivity contribution in [1.82, 2.24) is 4.98 Å². The van der Waals surface area contributed by atoms with Crippen LogP contribution in [0.25, 0.3) is 10.9 Å². The highest BCUT2D eigenvalue weighted by Crippen LogP contribution is 2.29. The second-order valence-electron chi connectivity index (χ2n) is 4.55. The number of carbonyl (C=O) groups excluding carboxylic acids is 1. The zero-order valence-corrected chi connectivity index (χ0v) is 13.2. The van der Waals surface area contributed by atoms with Gasteiger partial charge >= 0.3 is 5.97 Å². The molecule has 0 fully saturated rings. The number of aromatic nitrogens is 1. The molecule has 106 valence electrons. The predicted molar refractivity (Wildman–Crippen MR) is 81.2 cm³/mol. The second kappa shape index (κ2) is 6.22. The van der Waals surface area contributed by atoms with E-state index in [1.807, 2.05) is 32.0 Å². The topological polar surface area (TPSA) is 48.4 Å². The SMILES string of the molecule is CCOC(=O)c1cc(OC(C)C)c2cc(Br)ccc2n1. The number of pyridine rings is 1. The molecule has 0 saturated heterocycles. The monoisotopic (exact) mass is 337 g/mol. The van der Waals surface area contributed by atoms with E-state index in [1.165, 1.54) is 0 Å². The van der Waals surface area contributed by atoms with E-state index in [0.717, 1.165) is 9.86 Å². The number of rotatable bonds is 4. The van der Waals surface area contributed by atoms with E-state index in [-0.39, 0.29) is 11.8 Å². The first-order chi connectivity index (χ1) is 9.51. The number of ether oxygens (including phenoxy) is 2. The van der Waals surface area contributed by atoms with Crippen LogP contribution in [0.5, 0.6) is 5.75 Å². The van der Waals surface area contributed by atoms with Gasteiger partial charge in [0.15, 0.2) is 5.69 Å². The van der Waals surface area contributed by atoms with Crippen LogP contribution in [-0.2, 0) is 4.74 Å². The molecule has 5 heteroatoms. The van der Waals surface area contributed by atoms with Gasteiger partial charge in [-0.25, -0.2) is 9.78 Å². The number of nitrogens with zero attached hydrogens (tertiary/aromatic N) is 1. The Morgan fingerprint density at radius 1 is 1.35 bits per heavy atom. The molecular weight excluding hydrogens is 322 g/mol. The van der Waals surface area contributed by atoms with Crippen molar-refractivity contribution >= 4 is 32.8 Å².